The minimum absolute atomic E-state index is 0.129. The second-order valence-corrected chi connectivity index (χ2v) is 11.5. The van der Waals surface area contributed by atoms with Gasteiger partial charge in [-0.25, -0.2) is 17.2 Å². The Labute approximate surface area is 221 Å². The van der Waals surface area contributed by atoms with Crippen molar-refractivity contribution in [3.05, 3.63) is 92.3 Å². The van der Waals surface area contributed by atoms with Gasteiger partial charge >= 0.3 is 0 Å². The maximum absolute atomic E-state index is 16.0. The molecular weight excluding hydrogens is 522 g/mol. The summed E-state index contributed by atoms with van der Waals surface area (Å²) in [4.78, 5) is 16.9. The number of nitrogens with zero attached hydrogens (tertiary/aromatic N) is 4. The van der Waals surface area contributed by atoms with Gasteiger partial charge in [-0.3, -0.25) is 19.0 Å². The highest BCUT2D eigenvalue weighted by Crippen LogP contribution is 2.55. The molecule has 0 aliphatic heterocycles. The predicted octanol–water partition coefficient (Wildman–Crippen LogP) is 4.86. The smallest absolute Gasteiger partial charge is 0.274 e. The first-order valence-electron chi connectivity index (χ1n) is 12.7. The van der Waals surface area contributed by atoms with Gasteiger partial charge in [0.15, 0.2) is 21.5 Å². The van der Waals surface area contributed by atoms with Gasteiger partial charge < -0.3 is 0 Å². The normalized spacial score (nSPS) is 18.8. The molecule has 0 amide bonds. The Hall–Kier alpha value is -3.37. The summed E-state index contributed by atoms with van der Waals surface area (Å²) < 4.78 is 79.7. The van der Waals surface area contributed by atoms with Crippen molar-refractivity contribution in [2.75, 3.05) is 6.26 Å². The number of benzene rings is 1. The molecule has 3 heterocycles. The van der Waals surface area contributed by atoms with Crippen molar-refractivity contribution in [3.8, 4) is 16.9 Å². The topological polar surface area (TPSA) is 86.9 Å². The van der Waals surface area contributed by atoms with Crippen LogP contribution in [0.25, 0.3) is 16.9 Å². The molecule has 1 fully saturated rings. The lowest BCUT2D eigenvalue weighted by atomic mass is 10.1. The van der Waals surface area contributed by atoms with Crippen molar-refractivity contribution in [3.63, 3.8) is 0 Å². The number of hydrogen-bond acceptors (Lipinski definition) is 5. The molecule has 0 N–H and O–H groups in total. The maximum atomic E-state index is 16.0. The SMILES string of the molecule is [2H]C([2H])([2H])n1ccc([C@H]2C[C@@H]2c2cc(C)n(-c3c(C)cnc(-c4cccc(S(C)(=O)=O)c4F)c3F)c(=O)c2Cl)n1. The highest BCUT2D eigenvalue weighted by molar-refractivity contribution is 7.90. The van der Waals surface area contributed by atoms with Gasteiger partial charge in [-0.05, 0) is 61.6 Å². The molecule has 1 aliphatic rings. The van der Waals surface area contributed by atoms with Crippen LogP contribution in [0.15, 0.2) is 52.4 Å². The van der Waals surface area contributed by atoms with Gasteiger partial charge in [0.1, 0.15) is 15.6 Å². The zero-order chi connectivity index (χ0) is 29.3. The highest BCUT2D eigenvalue weighted by atomic mass is 35.5. The van der Waals surface area contributed by atoms with E-state index in [-0.39, 0.29) is 33.7 Å². The second-order valence-electron chi connectivity index (χ2n) is 9.17. The predicted molar refractivity (Wildman–Crippen MR) is 136 cm³/mol. The molecule has 1 aromatic carbocycles. The molecule has 37 heavy (non-hydrogen) atoms. The Morgan fingerprint density at radius 1 is 1.16 bits per heavy atom. The van der Waals surface area contributed by atoms with E-state index in [2.05, 4.69) is 10.1 Å². The van der Waals surface area contributed by atoms with Crippen LogP contribution in [0.5, 0.6) is 0 Å². The highest BCUT2D eigenvalue weighted by Gasteiger charge is 2.43. The van der Waals surface area contributed by atoms with Crippen molar-refractivity contribution < 1.29 is 21.3 Å². The Bertz CT molecular complexity index is 1860. The molecule has 11 heteroatoms. The molecule has 1 aliphatic carbocycles. The van der Waals surface area contributed by atoms with E-state index < -0.39 is 44.6 Å². The second kappa shape index (κ2) is 8.88. The van der Waals surface area contributed by atoms with Crippen LogP contribution in [-0.2, 0) is 16.8 Å². The molecule has 0 saturated heterocycles. The number of hydrogen-bond donors (Lipinski definition) is 0. The number of aryl methyl sites for hydroxylation is 3. The maximum Gasteiger partial charge on any atom is 0.274 e. The fourth-order valence-electron chi connectivity index (χ4n) is 4.69. The Morgan fingerprint density at radius 3 is 2.59 bits per heavy atom. The first-order chi connectivity index (χ1) is 18.6. The Morgan fingerprint density at radius 2 is 1.92 bits per heavy atom. The van der Waals surface area contributed by atoms with Crippen molar-refractivity contribution in [2.24, 2.45) is 6.98 Å². The van der Waals surface area contributed by atoms with Crippen molar-refractivity contribution >= 4 is 21.4 Å². The van der Waals surface area contributed by atoms with Crippen molar-refractivity contribution in [1.29, 1.82) is 0 Å². The van der Waals surface area contributed by atoms with Gasteiger partial charge in [0.05, 0.1) is 11.4 Å². The zero-order valence-corrected chi connectivity index (χ0v) is 21.5. The van der Waals surface area contributed by atoms with Gasteiger partial charge in [0.25, 0.3) is 5.56 Å². The molecule has 192 valence electrons. The van der Waals surface area contributed by atoms with Crippen molar-refractivity contribution in [2.45, 2.75) is 37.0 Å². The third-order valence-electron chi connectivity index (χ3n) is 6.56. The molecule has 2 atom stereocenters. The van der Waals surface area contributed by atoms with Crippen LogP contribution in [0.1, 0.15) is 44.9 Å². The molecule has 0 spiro atoms. The lowest BCUT2D eigenvalue weighted by molar-refractivity contribution is 0.569. The van der Waals surface area contributed by atoms with Gasteiger partial charge in [-0.2, -0.15) is 5.10 Å². The molecular formula is C26H23ClF2N4O3S. The van der Waals surface area contributed by atoms with Crippen LogP contribution in [-0.4, -0.2) is 34.0 Å². The average Bonchev–Trinajstić information content (AvgIpc) is 3.47. The fourth-order valence-corrected chi connectivity index (χ4v) is 5.73. The summed E-state index contributed by atoms with van der Waals surface area (Å²) in [7, 11) is -3.94. The molecule has 0 radical (unpaired) electrons. The molecule has 4 aromatic rings. The Balaban J connectivity index is 1.58. The van der Waals surface area contributed by atoms with Crippen LogP contribution in [0, 0.1) is 25.5 Å². The van der Waals surface area contributed by atoms with E-state index in [0.717, 1.165) is 21.6 Å². The lowest BCUT2D eigenvalue weighted by Gasteiger charge is -2.18. The summed E-state index contributed by atoms with van der Waals surface area (Å²) in [5, 5.41) is 4.02. The largest absolute Gasteiger partial charge is 0.277 e. The number of aromatic nitrogens is 4. The van der Waals surface area contributed by atoms with Gasteiger partial charge in [-0.1, -0.05) is 17.7 Å². The lowest BCUT2D eigenvalue weighted by Crippen LogP contribution is -2.24. The van der Waals surface area contributed by atoms with E-state index in [4.69, 9.17) is 15.7 Å². The fraction of sp³-hybridized carbons (Fsp3) is 0.269. The number of halogens is 3. The standard InChI is InChI=1S/C26H23ClF2N4O3S/c1-13-12-30-24(15-6-5-7-20(22(15)28)37(4,35)36)23(29)25(13)33-14(2)10-18(21(27)26(33)34)16-11-17(16)19-8-9-32(3)31-19/h5-10,12,16-17H,11H2,1-4H3/t16-,17-/m0/s1/i3D3. The van der Waals surface area contributed by atoms with Crippen LogP contribution in [0.4, 0.5) is 8.78 Å². The van der Waals surface area contributed by atoms with Gasteiger partial charge in [0.2, 0.25) is 0 Å². The monoisotopic (exact) mass is 547 g/mol. The zero-order valence-electron chi connectivity index (χ0n) is 23.0. The van der Waals surface area contributed by atoms with E-state index in [1.165, 1.54) is 31.5 Å². The summed E-state index contributed by atoms with van der Waals surface area (Å²) in [5.74, 6) is -2.48. The molecule has 3 aromatic heterocycles. The van der Waals surface area contributed by atoms with Crippen LogP contribution in [0.3, 0.4) is 0 Å². The van der Waals surface area contributed by atoms with Crippen LogP contribution < -0.4 is 5.56 Å². The third-order valence-corrected chi connectivity index (χ3v) is 8.05. The first-order valence-corrected chi connectivity index (χ1v) is 13.5. The molecule has 0 bridgehead atoms. The Kier molecular flexibility index (Phi) is 5.21. The summed E-state index contributed by atoms with van der Waals surface area (Å²) in [5.41, 5.74) is 0.0245. The summed E-state index contributed by atoms with van der Waals surface area (Å²) in [6, 6.07) is 6.85. The first kappa shape index (κ1) is 21.7. The minimum Gasteiger partial charge on any atom is -0.277 e. The third kappa shape index (κ3) is 4.27. The quantitative estimate of drug-likeness (QED) is 0.356. The van der Waals surface area contributed by atoms with Crippen LogP contribution in [0.2, 0.25) is 5.02 Å². The van der Waals surface area contributed by atoms with Gasteiger partial charge in [-0.15, -0.1) is 0 Å². The summed E-state index contributed by atoms with van der Waals surface area (Å²) in [6.07, 6.45) is 4.09. The van der Waals surface area contributed by atoms with Gasteiger partial charge in [0, 0.05) is 46.9 Å². The van der Waals surface area contributed by atoms with E-state index in [9.17, 15) is 13.2 Å². The van der Waals surface area contributed by atoms with Crippen LogP contribution >= 0.6 is 11.6 Å². The minimum atomic E-state index is -3.94. The summed E-state index contributed by atoms with van der Waals surface area (Å²) >= 11 is 6.53. The van der Waals surface area contributed by atoms with E-state index >= 15 is 8.78 Å². The molecule has 1 saturated carbocycles. The molecule has 0 unspecified atom stereocenters. The molecule has 5 rings (SSSR count). The summed E-state index contributed by atoms with van der Waals surface area (Å²) in [6.45, 7) is 0.730. The van der Waals surface area contributed by atoms with Crippen molar-refractivity contribution in [1.82, 2.24) is 19.3 Å². The number of sulfone groups is 1. The van der Waals surface area contributed by atoms with E-state index in [0.29, 0.717) is 23.4 Å². The number of pyridine rings is 2. The number of rotatable bonds is 5. The average molecular weight is 548 g/mol. The van der Waals surface area contributed by atoms with E-state index in [1.807, 2.05) is 0 Å². The molecule has 7 nitrogen and oxygen atoms in total. The van der Waals surface area contributed by atoms with E-state index in [1.54, 1.807) is 19.1 Å².